The van der Waals surface area contributed by atoms with Crippen molar-refractivity contribution in [3.8, 4) is 0 Å². The normalized spacial score (nSPS) is 12.1. The Morgan fingerprint density at radius 1 is 1.38 bits per heavy atom. The Hall–Kier alpha value is -2.16. The molecule has 2 aromatic heterocycles. The first-order chi connectivity index (χ1) is 11.4. The van der Waals surface area contributed by atoms with Crippen LogP contribution in [0.25, 0.3) is 11.0 Å². The molecule has 9 heteroatoms. The van der Waals surface area contributed by atoms with Gasteiger partial charge in [-0.25, -0.2) is 18.1 Å². The number of hydrogen-bond donors (Lipinski definition) is 1. The maximum Gasteiger partial charge on any atom is 0.264 e. The Labute approximate surface area is 147 Å². The molecule has 0 radical (unpaired) electrons. The van der Waals surface area contributed by atoms with E-state index in [-0.39, 0.29) is 10.0 Å². The van der Waals surface area contributed by atoms with E-state index in [1.165, 1.54) is 23.5 Å². The van der Waals surface area contributed by atoms with Gasteiger partial charge in [0.2, 0.25) is 0 Å². The molecule has 0 fully saturated rings. The van der Waals surface area contributed by atoms with E-state index < -0.39 is 15.9 Å². The zero-order chi connectivity index (χ0) is 17.3. The number of carbonyl (C=O) groups is 1. The van der Waals surface area contributed by atoms with E-state index in [9.17, 15) is 13.2 Å². The molecule has 1 aromatic carbocycles. The van der Waals surface area contributed by atoms with Crippen LogP contribution in [0.3, 0.4) is 0 Å². The molecule has 0 atom stereocenters. The van der Waals surface area contributed by atoms with E-state index in [4.69, 9.17) is 11.6 Å². The monoisotopic (exact) mass is 381 g/mol. The van der Waals surface area contributed by atoms with E-state index in [2.05, 4.69) is 4.98 Å². The molecule has 3 aromatic rings. The minimum atomic E-state index is -3.93. The number of imidazole rings is 1. The number of rotatable bonds is 4. The molecule has 6 nitrogen and oxygen atoms in total. The summed E-state index contributed by atoms with van der Waals surface area (Å²) in [5.41, 5.74) is 1.07. The third-order valence-electron chi connectivity index (χ3n) is 3.26. The van der Waals surface area contributed by atoms with Gasteiger partial charge < -0.3 is 0 Å². The van der Waals surface area contributed by atoms with Crippen LogP contribution in [0.2, 0.25) is 5.15 Å². The van der Waals surface area contributed by atoms with Crippen molar-refractivity contribution < 1.29 is 13.2 Å². The molecular weight excluding hydrogens is 370 g/mol. The Bertz CT molecular complexity index is 1050. The van der Waals surface area contributed by atoms with Gasteiger partial charge in [-0.3, -0.25) is 9.20 Å². The van der Waals surface area contributed by atoms with Crippen molar-refractivity contribution in [1.29, 1.82) is 0 Å². The van der Waals surface area contributed by atoms with Crippen molar-refractivity contribution in [2.24, 2.45) is 0 Å². The number of amides is 1. The largest absolute Gasteiger partial charge is 0.289 e. The lowest BCUT2D eigenvalue weighted by atomic mass is 10.2. The van der Waals surface area contributed by atoms with Gasteiger partial charge in [0, 0.05) is 17.7 Å². The first-order valence-corrected chi connectivity index (χ1v) is 9.54. The number of thiazole rings is 1. The molecule has 0 aliphatic heterocycles. The van der Waals surface area contributed by atoms with Gasteiger partial charge in [0.25, 0.3) is 15.9 Å². The first-order valence-electron chi connectivity index (χ1n) is 6.80. The van der Waals surface area contributed by atoms with Gasteiger partial charge in [0.15, 0.2) is 10.1 Å². The van der Waals surface area contributed by atoms with Crippen LogP contribution >= 0.6 is 22.9 Å². The van der Waals surface area contributed by atoms with Crippen molar-refractivity contribution in [2.75, 3.05) is 0 Å². The molecule has 2 heterocycles. The van der Waals surface area contributed by atoms with Crippen molar-refractivity contribution in [1.82, 2.24) is 14.1 Å². The highest BCUT2D eigenvalue weighted by atomic mass is 35.5. The summed E-state index contributed by atoms with van der Waals surface area (Å²) in [6.45, 7) is 1.66. The fourth-order valence-corrected chi connectivity index (χ4v) is 4.36. The van der Waals surface area contributed by atoms with Gasteiger partial charge >= 0.3 is 0 Å². The molecule has 1 N–H and O–H groups in total. The summed E-state index contributed by atoms with van der Waals surface area (Å²) < 4.78 is 28.2. The molecule has 0 saturated heterocycles. The lowest BCUT2D eigenvalue weighted by molar-refractivity contribution is -0.114. The fraction of sp³-hybridized carbons (Fsp3) is 0.0667. The van der Waals surface area contributed by atoms with Crippen molar-refractivity contribution in [2.45, 2.75) is 11.8 Å². The number of carbonyl (C=O) groups excluding carboxylic acids is 1. The van der Waals surface area contributed by atoms with Crippen LogP contribution in [0.5, 0.6) is 0 Å². The van der Waals surface area contributed by atoms with Gasteiger partial charge in [-0.1, -0.05) is 29.8 Å². The van der Waals surface area contributed by atoms with Crippen LogP contribution in [-0.2, 0) is 14.8 Å². The number of nitrogens with one attached hydrogen (secondary N) is 1. The standard InChI is InChI=1S/C15H12ClN3O3S2/c1-10-4-2-3-5-12(10)24(21,22)18-13(20)7-6-11-14(16)17-15-19(11)8-9-23-15/h2-9H,1H3,(H,18,20)/b7-6+. The first kappa shape index (κ1) is 16.7. The molecule has 24 heavy (non-hydrogen) atoms. The number of fused-ring (bicyclic) bond motifs is 1. The average molecular weight is 382 g/mol. The zero-order valence-corrected chi connectivity index (χ0v) is 14.8. The summed E-state index contributed by atoms with van der Waals surface area (Å²) in [6, 6.07) is 6.43. The van der Waals surface area contributed by atoms with Crippen molar-refractivity contribution in [3.63, 3.8) is 0 Å². The lowest BCUT2D eigenvalue weighted by Gasteiger charge is -2.07. The van der Waals surface area contributed by atoms with Crippen LogP contribution in [0, 0.1) is 6.92 Å². The number of halogens is 1. The molecular formula is C15H12ClN3O3S2. The van der Waals surface area contributed by atoms with E-state index >= 15 is 0 Å². The number of nitrogens with zero attached hydrogens (tertiary/aromatic N) is 2. The molecule has 0 spiro atoms. The molecule has 0 unspecified atom stereocenters. The second-order valence-corrected chi connectivity index (χ2v) is 7.79. The smallest absolute Gasteiger partial charge is 0.264 e. The van der Waals surface area contributed by atoms with Crippen LogP contribution < -0.4 is 4.72 Å². The quantitative estimate of drug-likeness (QED) is 0.704. The van der Waals surface area contributed by atoms with E-state index in [1.54, 1.807) is 35.7 Å². The van der Waals surface area contributed by atoms with E-state index in [0.717, 1.165) is 6.08 Å². The topological polar surface area (TPSA) is 80.5 Å². The van der Waals surface area contributed by atoms with Crippen LogP contribution in [0.15, 0.2) is 46.8 Å². The van der Waals surface area contributed by atoms with Crippen LogP contribution in [0.4, 0.5) is 0 Å². The highest BCUT2D eigenvalue weighted by Gasteiger charge is 2.18. The fourth-order valence-electron chi connectivity index (χ4n) is 2.16. The Balaban J connectivity index is 1.82. The number of hydrogen-bond acceptors (Lipinski definition) is 5. The molecule has 1 amide bonds. The highest BCUT2D eigenvalue weighted by molar-refractivity contribution is 7.90. The Morgan fingerprint density at radius 3 is 2.88 bits per heavy atom. The lowest BCUT2D eigenvalue weighted by Crippen LogP contribution is -2.29. The third-order valence-corrected chi connectivity index (χ3v) is 5.81. The third kappa shape index (κ3) is 3.21. The molecule has 0 aliphatic carbocycles. The average Bonchev–Trinajstić information content (AvgIpc) is 3.05. The predicted octanol–water partition coefficient (Wildman–Crippen LogP) is 2.88. The summed E-state index contributed by atoms with van der Waals surface area (Å²) in [4.78, 5) is 16.9. The Morgan fingerprint density at radius 2 is 2.12 bits per heavy atom. The molecule has 0 bridgehead atoms. The van der Waals surface area contributed by atoms with Gasteiger partial charge in [-0.15, -0.1) is 11.3 Å². The molecule has 0 saturated carbocycles. The number of benzene rings is 1. The maximum atomic E-state index is 12.3. The van der Waals surface area contributed by atoms with E-state index in [1.807, 2.05) is 10.1 Å². The number of aryl methyl sites for hydroxylation is 1. The maximum absolute atomic E-state index is 12.3. The highest BCUT2D eigenvalue weighted by Crippen LogP contribution is 2.22. The SMILES string of the molecule is Cc1ccccc1S(=O)(=O)NC(=O)/C=C/c1c(Cl)nc2sccn12. The van der Waals surface area contributed by atoms with Crippen LogP contribution in [-0.4, -0.2) is 23.7 Å². The van der Waals surface area contributed by atoms with Crippen molar-refractivity contribution >= 4 is 49.9 Å². The summed E-state index contributed by atoms with van der Waals surface area (Å²) >= 11 is 7.42. The van der Waals surface area contributed by atoms with E-state index in [0.29, 0.717) is 16.2 Å². The minimum Gasteiger partial charge on any atom is -0.289 e. The van der Waals surface area contributed by atoms with Crippen molar-refractivity contribution in [3.05, 3.63) is 58.3 Å². The second-order valence-electron chi connectivity index (χ2n) is 4.91. The summed E-state index contributed by atoms with van der Waals surface area (Å²) in [7, 11) is -3.93. The molecule has 124 valence electrons. The number of sulfonamides is 1. The van der Waals surface area contributed by atoms with Gasteiger partial charge in [-0.05, 0) is 24.6 Å². The molecule has 0 aliphatic rings. The van der Waals surface area contributed by atoms with Crippen LogP contribution in [0.1, 0.15) is 11.3 Å². The van der Waals surface area contributed by atoms with Gasteiger partial charge in [0.05, 0.1) is 10.6 Å². The second kappa shape index (κ2) is 6.39. The molecule has 3 rings (SSSR count). The summed E-state index contributed by atoms with van der Waals surface area (Å²) in [6.07, 6.45) is 4.31. The zero-order valence-electron chi connectivity index (χ0n) is 12.4. The van der Waals surface area contributed by atoms with Gasteiger partial charge in [0.1, 0.15) is 0 Å². The Kier molecular flexibility index (Phi) is 4.44. The number of aromatic nitrogens is 2. The van der Waals surface area contributed by atoms with Gasteiger partial charge in [-0.2, -0.15) is 0 Å². The predicted molar refractivity (Wildman–Crippen MR) is 93.6 cm³/mol. The summed E-state index contributed by atoms with van der Waals surface area (Å²) in [5, 5.41) is 2.08. The summed E-state index contributed by atoms with van der Waals surface area (Å²) in [5.74, 6) is -0.764. The minimum absolute atomic E-state index is 0.0642.